The summed E-state index contributed by atoms with van der Waals surface area (Å²) in [5.74, 6) is 0.188. The number of aryl methyl sites for hydroxylation is 2. The van der Waals surface area contributed by atoms with Crippen LogP contribution in [0.5, 0.6) is 0 Å². The van der Waals surface area contributed by atoms with Crippen LogP contribution in [-0.2, 0) is 27.1 Å². The van der Waals surface area contributed by atoms with Crippen molar-refractivity contribution in [2.75, 3.05) is 19.8 Å². The standard InChI is InChI=1S/C32H48O3/c1-5-6-7-14-25-33-32(4,34-26-23-28(2)19-21-30-15-10-8-11-16-30)35-27-24-29(3)20-22-31-17-12-9-13-18-31/h6-13,15-18,28-29H,5,14,19-27H2,1-4H3. The molecule has 0 heterocycles. The molecule has 0 fully saturated rings. The van der Waals surface area contributed by atoms with Gasteiger partial charge in [-0.15, -0.1) is 0 Å². The van der Waals surface area contributed by atoms with E-state index in [4.69, 9.17) is 14.2 Å². The predicted octanol–water partition coefficient (Wildman–Crippen LogP) is 8.38. The molecule has 3 heteroatoms. The first-order chi connectivity index (χ1) is 17.0. The fourth-order valence-electron chi connectivity index (χ4n) is 4.02. The maximum atomic E-state index is 6.20. The van der Waals surface area contributed by atoms with E-state index in [1.165, 1.54) is 11.1 Å². The second-order valence-electron chi connectivity index (χ2n) is 9.91. The van der Waals surface area contributed by atoms with Gasteiger partial charge in [0.2, 0.25) is 0 Å². The van der Waals surface area contributed by atoms with Crippen molar-refractivity contribution in [1.29, 1.82) is 0 Å². The summed E-state index contributed by atoms with van der Waals surface area (Å²) in [6, 6.07) is 21.4. The topological polar surface area (TPSA) is 27.7 Å². The van der Waals surface area contributed by atoms with Crippen LogP contribution in [0.3, 0.4) is 0 Å². The van der Waals surface area contributed by atoms with Crippen LogP contribution in [-0.4, -0.2) is 25.8 Å². The monoisotopic (exact) mass is 480 g/mol. The Bertz CT molecular complexity index is 731. The van der Waals surface area contributed by atoms with Crippen molar-refractivity contribution in [3.8, 4) is 0 Å². The third-order valence-corrected chi connectivity index (χ3v) is 6.54. The molecular weight excluding hydrogens is 432 g/mol. The SMILES string of the molecule is CCC=CCCOC(C)(OCCC(C)CCc1ccccc1)OCCC(C)CCc1ccccc1. The largest absolute Gasteiger partial charge is 0.328 e. The summed E-state index contributed by atoms with van der Waals surface area (Å²) in [5.41, 5.74) is 2.80. The first-order valence-corrected chi connectivity index (χ1v) is 13.7. The van der Waals surface area contributed by atoms with Crippen LogP contribution in [0.15, 0.2) is 72.8 Å². The zero-order valence-corrected chi connectivity index (χ0v) is 22.6. The normalized spacial score (nSPS) is 15.2. The van der Waals surface area contributed by atoms with E-state index in [0.717, 1.165) is 51.4 Å². The zero-order valence-electron chi connectivity index (χ0n) is 22.6. The van der Waals surface area contributed by atoms with E-state index in [2.05, 4.69) is 93.6 Å². The van der Waals surface area contributed by atoms with Crippen molar-refractivity contribution in [3.63, 3.8) is 0 Å². The van der Waals surface area contributed by atoms with Gasteiger partial charge in [0.1, 0.15) is 0 Å². The smallest absolute Gasteiger partial charge is 0.279 e. The van der Waals surface area contributed by atoms with Crippen LogP contribution in [0.25, 0.3) is 0 Å². The van der Waals surface area contributed by atoms with Gasteiger partial charge >= 0.3 is 0 Å². The van der Waals surface area contributed by atoms with E-state index in [1.54, 1.807) is 0 Å². The van der Waals surface area contributed by atoms with E-state index in [0.29, 0.717) is 31.7 Å². The van der Waals surface area contributed by atoms with E-state index in [1.807, 2.05) is 6.92 Å². The van der Waals surface area contributed by atoms with Gasteiger partial charge in [-0.1, -0.05) is 93.6 Å². The molecule has 2 atom stereocenters. The quantitative estimate of drug-likeness (QED) is 0.115. The van der Waals surface area contributed by atoms with Crippen molar-refractivity contribution in [1.82, 2.24) is 0 Å². The molecule has 0 radical (unpaired) electrons. The van der Waals surface area contributed by atoms with Crippen LogP contribution in [0.2, 0.25) is 0 Å². The molecule has 194 valence electrons. The third-order valence-electron chi connectivity index (χ3n) is 6.54. The molecule has 2 rings (SSSR count). The number of ether oxygens (including phenoxy) is 3. The first kappa shape index (κ1) is 29.3. The van der Waals surface area contributed by atoms with Crippen LogP contribution >= 0.6 is 0 Å². The average molecular weight is 481 g/mol. The highest BCUT2D eigenvalue weighted by atomic mass is 16.9. The molecule has 2 unspecified atom stereocenters. The summed E-state index contributed by atoms with van der Waals surface area (Å²) in [5, 5.41) is 0. The van der Waals surface area contributed by atoms with Gasteiger partial charge in [0, 0.05) is 6.92 Å². The minimum atomic E-state index is -0.988. The maximum absolute atomic E-state index is 6.20. The zero-order chi connectivity index (χ0) is 25.2. The molecule has 0 saturated carbocycles. The Kier molecular flexibility index (Phi) is 14.6. The van der Waals surface area contributed by atoms with Crippen molar-refractivity contribution in [2.24, 2.45) is 11.8 Å². The number of hydrogen-bond donors (Lipinski definition) is 0. The molecule has 0 N–H and O–H groups in total. The van der Waals surface area contributed by atoms with E-state index in [-0.39, 0.29) is 0 Å². The average Bonchev–Trinajstić information content (AvgIpc) is 2.87. The van der Waals surface area contributed by atoms with E-state index >= 15 is 0 Å². The Hall–Kier alpha value is -1.94. The van der Waals surface area contributed by atoms with Gasteiger partial charge in [-0.25, -0.2) is 0 Å². The molecule has 0 bridgehead atoms. The first-order valence-electron chi connectivity index (χ1n) is 13.7. The second-order valence-corrected chi connectivity index (χ2v) is 9.91. The van der Waals surface area contributed by atoms with Gasteiger partial charge in [0.05, 0.1) is 19.8 Å². The van der Waals surface area contributed by atoms with Gasteiger partial charge in [0.25, 0.3) is 5.97 Å². The number of benzene rings is 2. The molecule has 0 saturated heterocycles. The Morgan fingerprint density at radius 1 is 0.657 bits per heavy atom. The van der Waals surface area contributed by atoms with E-state index < -0.39 is 5.97 Å². The van der Waals surface area contributed by atoms with Crippen LogP contribution in [0, 0.1) is 11.8 Å². The van der Waals surface area contributed by atoms with Crippen LogP contribution in [0.4, 0.5) is 0 Å². The van der Waals surface area contributed by atoms with Crippen molar-refractivity contribution >= 4 is 0 Å². The Morgan fingerprint density at radius 3 is 1.57 bits per heavy atom. The molecule has 0 amide bonds. The molecule has 2 aromatic rings. The maximum Gasteiger partial charge on any atom is 0.279 e. The number of allylic oxidation sites excluding steroid dienone is 1. The summed E-state index contributed by atoms with van der Waals surface area (Å²) in [6.45, 7) is 10.6. The lowest BCUT2D eigenvalue weighted by molar-refractivity contribution is -0.370. The minimum Gasteiger partial charge on any atom is -0.328 e. The van der Waals surface area contributed by atoms with Gasteiger partial charge < -0.3 is 14.2 Å². The fraction of sp³-hybridized carbons (Fsp3) is 0.562. The summed E-state index contributed by atoms with van der Waals surface area (Å²) >= 11 is 0. The predicted molar refractivity (Wildman–Crippen MR) is 147 cm³/mol. The molecule has 0 aliphatic carbocycles. The molecule has 0 aliphatic rings. The molecule has 2 aromatic carbocycles. The highest BCUT2D eigenvalue weighted by molar-refractivity contribution is 5.15. The van der Waals surface area contributed by atoms with Gasteiger partial charge in [-0.05, 0) is 74.3 Å². The summed E-state index contributed by atoms with van der Waals surface area (Å²) < 4.78 is 18.5. The minimum absolute atomic E-state index is 0.588. The number of rotatable bonds is 19. The lowest BCUT2D eigenvalue weighted by Crippen LogP contribution is -2.37. The Labute approximate surface area is 214 Å². The Balaban J connectivity index is 1.74. The lowest BCUT2D eigenvalue weighted by Gasteiger charge is -2.30. The Morgan fingerprint density at radius 2 is 1.11 bits per heavy atom. The molecular formula is C32H48O3. The van der Waals surface area contributed by atoms with E-state index in [9.17, 15) is 0 Å². The fourth-order valence-corrected chi connectivity index (χ4v) is 4.02. The van der Waals surface area contributed by atoms with Gasteiger partial charge in [-0.3, -0.25) is 0 Å². The van der Waals surface area contributed by atoms with Crippen molar-refractivity contribution in [2.45, 2.75) is 85.0 Å². The van der Waals surface area contributed by atoms with Gasteiger partial charge in [-0.2, -0.15) is 0 Å². The molecule has 0 spiro atoms. The lowest BCUT2D eigenvalue weighted by atomic mass is 9.99. The highest BCUT2D eigenvalue weighted by Gasteiger charge is 2.27. The molecule has 0 aliphatic heterocycles. The molecule has 3 nitrogen and oxygen atoms in total. The van der Waals surface area contributed by atoms with Crippen LogP contribution < -0.4 is 0 Å². The second kappa shape index (κ2) is 17.5. The van der Waals surface area contributed by atoms with Crippen molar-refractivity contribution < 1.29 is 14.2 Å². The van der Waals surface area contributed by atoms with Crippen molar-refractivity contribution in [3.05, 3.63) is 83.9 Å². The summed E-state index contributed by atoms with van der Waals surface area (Å²) in [4.78, 5) is 0. The molecule has 35 heavy (non-hydrogen) atoms. The molecule has 0 aromatic heterocycles. The third kappa shape index (κ3) is 13.7. The summed E-state index contributed by atoms with van der Waals surface area (Å²) in [6.07, 6.45) is 12.8. The van der Waals surface area contributed by atoms with Crippen LogP contribution in [0.1, 0.15) is 77.3 Å². The number of hydrogen-bond acceptors (Lipinski definition) is 3. The highest BCUT2D eigenvalue weighted by Crippen LogP contribution is 2.21. The van der Waals surface area contributed by atoms with Gasteiger partial charge in [0.15, 0.2) is 0 Å². The summed E-state index contributed by atoms with van der Waals surface area (Å²) in [7, 11) is 0.